The van der Waals surface area contributed by atoms with E-state index in [4.69, 9.17) is 16.3 Å². The number of halogens is 1. The van der Waals surface area contributed by atoms with E-state index in [9.17, 15) is 4.79 Å². The zero-order valence-corrected chi connectivity index (χ0v) is 19.5. The SMILES string of the molecule is CC(C)(C)n1ncc2c1CCN(C(=O)/C=C/c1ccc(OCc3ccccc3Cl)cc1)C2. The molecule has 0 unspecified atom stereocenters. The highest BCUT2D eigenvalue weighted by Crippen LogP contribution is 2.25. The van der Waals surface area contributed by atoms with E-state index in [0.29, 0.717) is 24.7 Å². The van der Waals surface area contributed by atoms with Gasteiger partial charge < -0.3 is 9.64 Å². The highest BCUT2D eigenvalue weighted by Gasteiger charge is 2.26. The lowest BCUT2D eigenvalue weighted by molar-refractivity contribution is -0.126. The van der Waals surface area contributed by atoms with Gasteiger partial charge in [0, 0.05) is 47.4 Å². The largest absolute Gasteiger partial charge is 0.489 e. The van der Waals surface area contributed by atoms with Gasteiger partial charge in [-0.15, -0.1) is 0 Å². The third kappa shape index (κ3) is 5.05. The molecular weight excluding hydrogens is 422 g/mol. The molecule has 0 atom stereocenters. The third-order valence-electron chi connectivity index (χ3n) is 5.53. The van der Waals surface area contributed by atoms with Crippen LogP contribution in [0, 0.1) is 0 Å². The van der Waals surface area contributed by atoms with Crippen molar-refractivity contribution in [3.05, 3.63) is 88.2 Å². The Kier molecular flexibility index (Phi) is 6.38. The second kappa shape index (κ2) is 9.21. The van der Waals surface area contributed by atoms with Gasteiger partial charge in [0.15, 0.2) is 0 Å². The monoisotopic (exact) mass is 449 g/mol. The summed E-state index contributed by atoms with van der Waals surface area (Å²) in [5, 5.41) is 5.24. The minimum atomic E-state index is -0.0527. The highest BCUT2D eigenvalue weighted by atomic mass is 35.5. The van der Waals surface area contributed by atoms with Crippen molar-refractivity contribution in [3.8, 4) is 5.75 Å². The molecule has 6 heteroatoms. The van der Waals surface area contributed by atoms with Crippen LogP contribution in [0.15, 0.2) is 60.8 Å². The van der Waals surface area contributed by atoms with Crippen LogP contribution in [-0.2, 0) is 29.9 Å². The predicted octanol–water partition coefficient (Wildman–Crippen LogP) is 5.47. The van der Waals surface area contributed by atoms with Crippen LogP contribution in [0.5, 0.6) is 5.75 Å². The van der Waals surface area contributed by atoms with Crippen LogP contribution in [0.4, 0.5) is 0 Å². The number of ether oxygens (including phenoxy) is 1. The summed E-state index contributed by atoms with van der Waals surface area (Å²) in [5.41, 5.74) is 4.21. The Hall–Kier alpha value is -3.05. The van der Waals surface area contributed by atoms with Crippen molar-refractivity contribution >= 4 is 23.6 Å². The molecule has 2 aromatic carbocycles. The third-order valence-corrected chi connectivity index (χ3v) is 5.90. The zero-order valence-electron chi connectivity index (χ0n) is 18.7. The maximum Gasteiger partial charge on any atom is 0.246 e. The second-order valence-electron chi connectivity index (χ2n) is 8.99. The summed E-state index contributed by atoms with van der Waals surface area (Å²) in [7, 11) is 0. The van der Waals surface area contributed by atoms with Crippen LogP contribution in [0.2, 0.25) is 5.02 Å². The molecule has 5 nitrogen and oxygen atoms in total. The number of rotatable bonds is 5. The first kappa shape index (κ1) is 22.2. The van der Waals surface area contributed by atoms with E-state index in [-0.39, 0.29) is 11.4 Å². The van der Waals surface area contributed by atoms with Crippen molar-refractivity contribution < 1.29 is 9.53 Å². The predicted molar refractivity (Wildman–Crippen MR) is 128 cm³/mol. The Morgan fingerprint density at radius 3 is 2.62 bits per heavy atom. The van der Waals surface area contributed by atoms with E-state index >= 15 is 0 Å². The normalized spacial score (nSPS) is 13.9. The average molecular weight is 450 g/mol. The first-order valence-corrected chi connectivity index (χ1v) is 11.2. The van der Waals surface area contributed by atoms with Gasteiger partial charge in [-0.3, -0.25) is 9.48 Å². The molecule has 166 valence electrons. The van der Waals surface area contributed by atoms with Gasteiger partial charge >= 0.3 is 0 Å². The van der Waals surface area contributed by atoms with Crippen molar-refractivity contribution in [2.45, 2.75) is 45.9 Å². The highest BCUT2D eigenvalue weighted by molar-refractivity contribution is 6.31. The minimum Gasteiger partial charge on any atom is -0.489 e. The molecule has 0 bridgehead atoms. The van der Waals surface area contributed by atoms with Gasteiger partial charge in [0.2, 0.25) is 5.91 Å². The molecule has 0 saturated heterocycles. The van der Waals surface area contributed by atoms with Crippen LogP contribution >= 0.6 is 11.6 Å². The van der Waals surface area contributed by atoms with Crippen LogP contribution in [-0.4, -0.2) is 27.1 Å². The molecule has 3 aromatic rings. The van der Waals surface area contributed by atoms with Gasteiger partial charge in [0.05, 0.1) is 11.7 Å². The van der Waals surface area contributed by atoms with E-state index < -0.39 is 0 Å². The zero-order chi connectivity index (χ0) is 22.7. The maximum absolute atomic E-state index is 12.7. The number of hydrogen-bond acceptors (Lipinski definition) is 3. The standard InChI is InChI=1S/C26H28ClN3O2/c1-26(2,3)30-24-14-15-29(17-21(24)16-28-30)25(31)13-10-19-8-11-22(12-9-19)32-18-20-6-4-5-7-23(20)27/h4-13,16H,14-15,17-18H2,1-3H3/b13-10+. The number of benzene rings is 2. The minimum absolute atomic E-state index is 0.0122. The summed E-state index contributed by atoms with van der Waals surface area (Å²) in [5.74, 6) is 0.769. The molecule has 1 aliphatic rings. The number of nitrogens with zero attached hydrogens (tertiary/aromatic N) is 3. The average Bonchev–Trinajstić information content (AvgIpc) is 3.21. The van der Waals surface area contributed by atoms with E-state index in [1.165, 1.54) is 5.69 Å². The molecule has 0 aliphatic carbocycles. The van der Waals surface area contributed by atoms with Crippen LogP contribution < -0.4 is 4.74 Å². The molecule has 1 aliphatic heterocycles. The van der Waals surface area contributed by atoms with Crippen LogP contribution in [0.1, 0.15) is 43.2 Å². The van der Waals surface area contributed by atoms with Gasteiger partial charge in [-0.2, -0.15) is 5.10 Å². The molecule has 1 amide bonds. The fourth-order valence-electron chi connectivity index (χ4n) is 3.82. The van der Waals surface area contributed by atoms with E-state index in [1.54, 1.807) is 6.08 Å². The van der Waals surface area contributed by atoms with Gasteiger partial charge in [0.25, 0.3) is 0 Å². The Morgan fingerprint density at radius 2 is 1.91 bits per heavy atom. The first-order chi connectivity index (χ1) is 15.3. The molecular formula is C26H28ClN3O2. The lowest BCUT2D eigenvalue weighted by atomic mass is 10.0. The lowest BCUT2D eigenvalue weighted by Gasteiger charge is -2.29. The molecule has 0 radical (unpaired) electrons. The molecule has 0 fully saturated rings. The maximum atomic E-state index is 12.7. The van der Waals surface area contributed by atoms with Gasteiger partial charge in [-0.05, 0) is 50.6 Å². The summed E-state index contributed by atoms with van der Waals surface area (Å²) < 4.78 is 7.89. The van der Waals surface area contributed by atoms with Crippen LogP contribution in [0.3, 0.4) is 0 Å². The van der Waals surface area contributed by atoms with E-state index in [1.807, 2.05) is 65.7 Å². The van der Waals surface area contributed by atoms with Crippen molar-refractivity contribution in [1.82, 2.24) is 14.7 Å². The molecule has 0 saturated carbocycles. The molecule has 0 spiro atoms. The van der Waals surface area contributed by atoms with Crippen LogP contribution in [0.25, 0.3) is 6.08 Å². The Morgan fingerprint density at radius 1 is 1.16 bits per heavy atom. The number of carbonyl (C=O) groups is 1. The first-order valence-electron chi connectivity index (χ1n) is 10.8. The van der Waals surface area contributed by atoms with Crippen molar-refractivity contribution in [2.24, 2.45) is 0 Å². The quantitative estimate of drug-likeness (QED) is 0.485. The molecule has 2 heterocycles. The fraction of sp³-hybridized carbons (Fsp3) is 0.308. The van der Waals surface area contributed by atoms with Gasteiger partial charge in [-0.25, -0.2) is 0 Å². The number of amides is 1. The Labute approximate surface area is 194 Å². The summed E-state index contributed by atoms with van der Waals surface area (Å²) in [6.07, 6.45) is 6.20. The number of carbonyl (C=O) groups excluding carboxylic acids is 1. The second-order valence-corrected chi connectivity index (χ2v) is 9.40. The van der Waals surface area contributed by atoms with Gasteiger partial charge in [-0.1, -0.05) is 41.9 Å². The summed E-state index contributed by atoms with van der Waals surface area (Å²) in [4.78, 5) is 14.6. The van der Waals surface area contributed by atoms with E-state index in [0.717, 1.165) is 28.9 Å². The Balaban J connectivity index is 1.34. The smallest absolute Gasteiger partial charge is 0.246 e. The van der Waals surface area contributed by atoms with E-state index in [2.05, 4.69) is 30.6 Å². The lowest BCUT2D eigenvalue weighted by Crippen LogP contribution is -2.36. The summed E-state index contributed by atoms with van der Waals surface area (Å²) in [6.45, 7) is 8.15. The molecule has 0 N–H and O–H groups in total. The molecule has 4 rings (SSSR count). The summed E-state index contributed by atoms with van der Waals surface area (Å²) >= 11 is 6.17. The number of fused-ring (bicyclic) bond motifs is 1. The van der Waals surface area contributed by atoms with Crippen molar-refractivity contribution in [3.63, 3.8) is 0 Å². The summed E-state index contributed by atoms with van der Waals surface area (Å²) in [6, 6.07) is 15.3. The molecule has 32 heavy (non-hydrogen) atoms. The molecule has 1 aromatic heterocycles. The Bertz CT molecular complexity index is 1130. The van der Waals surface area contributed by atoms with Crippen molar-refractivity contribution in [2.75, 3.05) is 6.54 Å². The van der Waals surface area contributed by atoms with Gasteiger partial charge in [0.1, 0.15) is 12.4 Å². The number of hydrogen-bond donors (Lipinski definition) is 0. The topological polar surface area (TPSA) is 47.4 Å². The van der Waals surface area contributed by atoms with Crippen molar-refractivity contribution in [1.29, 1.82) is 0 Å². The fourth-order valence-corrected chi connectivity index (χ4v) is 4.01. The number of aromatic nitrogens is 2.